The Kier molecular flexibility index (Phi) is 7.86. The van der Waals surface area contributed by atoms with Crippen LogP contribution < -0.4 is 14.8 Å². The van der Waals surface area contributed by atoms with E-state index in [0.717, 1.165) is 0 Å². The van der Waals surface area contributed by atoms with E-state index in [-0.39, 0.29) is 17.6 Å². The van der Waals surface area contributed by atoms with Gasteiger partial charge in [-0.3, -0.25) is 4.79 Å². The Morgan fingerprint density at radius 1 is 1.10 bits per heavy atom. The molecule has 168 valence electrons. The van der Waals surface area contributed by atoms with Gasteiger partial charge in [0.25, 0.3) is 0 Å². The average molecular weight is 451 g/mol. The number of nitrogens with zero attached hydrogens (tertiary/aromatic N) is 1. The van der Waals surface area contributed by atoms with Gasteiger partial charge in [0, 0.05) is 19.0 Å². The molecule has 0 spiro atoms. The zero-order chi connectivity index (χ0) is 22.3. The maximum Gasteiger partial charge on any atom is 0.223 e. The minimum absolute atomic E-state index is 0.0980. The molecule has 1 heterocycles. The van der Waals surface area contributed by atoms with E-state index in [2.05, 4.69) is 5.32 Å². The molecule has 0 bridgehead atoms. The third-order valence-electron chi connectivity index (χ3n) is 5.21. The van der Waals surface area contributed by atoms with Gasteiger partial charge in [0.2, 0.25) is 15.9 Å². The van der Waals surface area contributed by atoms with Crippen LogP contribution in [-0.4, -0.2) is 52.0 Å². The smallest absolute Gasteiger partial charge is 0.223 e. The molecule has 1 aliphatic heterocycles. The fraction of sp³-hybridized carbons (Fsp3) is 0.409. The number of piperidine rings is 1. The van der Waals surface area contributed by atoms with Gasteiger partial charge in [0.15, 0.2) is 11.5 Å². The molecule has 0 radical (unpaired) electrons. The van der Waals surface area contributed by atoms with Crippen LogP contribution in [0.1, 0.15) is 18.4 Å². The molecule has 0 aromatic heterocycles. The van der Waals surface area contributed by atoms with Crippen LogP contribution in [0.25, 0.3) is 0 Å². The first-order chi connectivity index (χ1) is 14.9. The third-order valence-corrected chi connectivity index (χ3v) is 7.06. The van der Waals surface area contributed by atoms with Crippen LogP contribution in [-0.2, 0) is 20.6 Å². The van der Waals surface area contributed by atoms with Crippen molar-refractivity contribution in [3.63, 3.8) is 0 Å². The molecule has 0 aliphatic carbocycles. The van der Waals surface area contributed by atoms with Gasteiger partial charge in [-0.25, -0.2) is 17.1 Å². The lowest BCUT2D eigenvalue weighted by atomic mass is 9.97. The van der Waals surface area contributed by atoms with E-state index in [0.29, 0.717) is 56.1 Å². The zero-order valence-corrected chi connectivity index (χ0v) is 18.2. The van der Waals surface area contributed by atoms with Crippen LogP contribution >= 0.6 is 0 Å². The quantitative estimate of drug-likeness (QED) is 0.594. The highest BCUT2D eigenvalue weighted by Crippen LogP contribution is 2.25. The summed E-state index contributed by atoms with van der Waals surface area (Å²) in [6.45, 7) is 1.23. The fourth-order valence-corrected chi connectivity index (χ4v) is 5.06. The second kappa shape index (κ2) is 10.6. The summed E-state index contributed by atoms with van der Waals surface area (Å²) in [6, 6.07) is 12.7. The molecular formula is C22H27FN2O5S. The molecule has 1 N–H and O–H groups in total. The Labute approximate surface area is 182 Å². The monoisotopic (exact) mass is 450 g/mol. The predicted molar refractivity (Wildman–Crippen MR) is 115 cm³/mol. The number of sulfonamides is 1. The number of halogens is 1. The minimum Gasteiger partial charge on any atom is -0.493 e. The number of rotatable bonds is 9. The van der Waals surface area contributed by atoms with Crippen molar-refractivity contribution in [1.82, 2.24) is 9.62 Å². The van der Waals surface area contributed by atoms with Crippen LogP contribution in [0.2, 0.25) is 0 Å². The van der Waals surface area contributed by atoms with Crippen LogP contribution in [0.4, 0.5) is 4.39 Å². The lowest BCUT2D eigenvalue weighted by molar-refractivity contribution is -0.126. The standard InChI is InChI=1S/C22H27FN2O5S/c1-29-20-4-2-3-5-21(20)30-15-12-24-22(26)18-10-13-25(14-11-18)31(27,28)16-17-6-8-19(23)9-7-17/h2-9,18H,10-16H2,1H3,(H,24,26). The molecule has 9 heteroatoms. The van der Waals surface area contributed by atoms with Crippen LogP contribution in [0, 0.1) is 11.7 Å². The summed E-state index contributed by atoms with van der Waals surface area (Å²) in [5, 5.41) is 2.85. The lowest BCUT2D eigenvalue weighted by Gasteiger charge is -2.30. The highest BCUT2D eigenvalue weighted by Gasteiger charge is 2.31. The number of para-hydroxylation sites is 2. The highest BCUT2D eigenvalue weighted by molar-refractivity contribution is 7.88. The van der Waals surface area contributed by atoms with E-state index in [1.165, 1.54) is 28.6 Å². The van der Waals surface area contributed by atoms with Gasteiger partial charge < -0.3 is 14.8 Å². The maximum absolute atomic E-state index is 13.0. The molecule has 7 nitrogen and oxygen atoms in total. The summed E-state index contributed by atoms with van der Waals surface area (Å²) >= 11 is 0. The van der Waals surface area contributed by atoms with Crippen molar-refractivity contribution in [2.24, 2.45) is 5.92 Å². The molecule has 1 aliphatic rings. The van der Waals surface area contributed by atoms with E-state index in [1.807, 2.05) is 12.1 Å². The van der Waals surface area contributed by atoms with Gasteiger partial charge in [0.05, 0.1) is 19.4 Å². The van der Waals surface area contributed by atoms with Crippen LogP contribution in [0.5, 0.6) is 11.5 Å². The Balaban J connectivity index is 1.41. The Bertz CT molecular complexity index is 974. The topological polar surface area (TPSA) is 84.9 Å². The van der Waals surface area contributed by atoms with E-state index in [9.17, 15) is 17.6 Å². The molecule has 2 aromatic carbocycles. The molecular weight excluding hydrogens is 423 g/mol. The third kappa shape index (κ3) is 6.41. The summed E-state index contributed by atoms with van der Waals surface area (Å²) in [5.74, 6) is 0.329. The lowest BCUT2D eigenvalue weighted by Crippen LogP contribution is -2.43. The van der Waals surface area contributed by atoms with Crippen LogP contribution in [0.15, 0.2) is 48.5 Å². The molecule has 1 saturated heterocycles. The largest absolute Gasteiger partial charge is 0.493 e. The van der Waals surface area contributed by atoms with E-state index >= 15 is 0 Å². The number of hydrogen-bond donors (Lipinski definition) is 1. The molecule has 0 saturated carbocycles. The van der Waals surface area contributed by atoms with E-state index < -0.39 is 15.8 Å². The normalized spacial score (nSPS) is 15.4. The second-order valence-electron chi connectivity index (χ2n) is 7.35. The van der Waals surface area contributed by atoms with Gasteiger partial charge >= 0.3 is 0 Å². The zero-order valence-electron chi connectivity index (χ0n) is 17.4. The second-order valence-corrected chi connectivity index (χ2v) is 9.32. The van der Waals surface area contributed by atoms with Crippen molar-refractivity contribution in [1.29, 1.82) is 0 Å². The summed E-state index contributed by atoms with van der Waals surface area (Å²) in [4.78, 5) is 12.4. The number of benzene rings is 2. The van der Waals surface area contributed by atoms with Gasteiger partial charge in [0.1, 0.15) is 12.4 Å². The number of nitrogens with one attached hydrogen (secondary N) is 1. The van der Waals surface area contributed by atoms with Crippen molar-refractivity contribution < 1.29 is 27.1 Å². The summed E-state index contributed by atoms with van der Waals surface area (Å²) < 4.78 is 50.5. The summed E-state index contributed by atoms with van der Waals surface area (Å²) in [5.41, 5.74) is 0.538. The SMILES string of the molecule is COc1ccccc1OCCNC(=O)C1CCN(S(=O)(=O)Cc2ccc(F)cc2)CC1. The van der Waals surface area contributed by atoms with Gasteiger partial charge in [-0.15, -0.1) is 0 Å². The Morgan fingerprint density at radius 3 is 2.39 bits per heavy atom. The van der Waals surface area contributed by atoms with Crippen molar-refractivity contribution in [3.05, 3.63) is 59.9 Å². The van der Waals surface area contributed by atoms with E-state index in [4.69, 9.17) is 9.47 Å². The fourth-order valence-electron chi connectivity index (χ4n) is 3.50. The molecule has 0 unspecified atom stereocenters. The average Bonchev–Trinajstić information content (AvgIpc) is 2.78. The number of hydrogen-bond acceptors (Lipinski definition) is 5. The number of carbonyl (C=O) groups is 1. The minimum atomic E-state index is -3.51. The number of carbonyl (C=O) groups excluding carboxylic acids is 1. The maximum atomic E-state index is 13.0. The molecule has 1 fully saturated rings. The van der Waals surface area contributed by atoms with Crippen molar-refractivity contribution in [2.45, 2.75) is 18.6 Å². The number of ether oxygens (including phenoxy) is 2. The Morgan fingerprint density at radius 2 is 1.74 bits per heavy atom. The predicted octanol–water partition coefficient (Wildman–Crippen LogP) is 2.57. The van der Waals surface area contributed by atoms with Crippen molar-refractivity contribution >= 4 is 15.9 Å². The first-order valence-corrected chi connectivity index (χ1v) is 11.8. The molecule has 2 aromatic rings. The summed E-state index contributed by atoms with van der Waals surface area (Å²) in [6.07, 6.45) is 0.920. The molecule has 3 rings (SSSR count). The molecule has 1 amide bonds. The Hall–Kier alpha value is -2.65. The van der Waals surface area contributed by atoms with Gasteiger partial charge in [-0.1, -0.05) is 24.3 Å². The highest BCUT2D eigenvalue weighted by atomic mass is 32.2. The first kappa shape index (κ1) is 23.0. The van der Waals surface area contributed by atoms with E-state index in [1.54, 1.807) is 19.2 Å². The number of amides is 1. The van der Waals surface area contributed by atoms with Crippen LogP contribution in [0.3, 0.4) is 0 Å². The first-order valence-electron chi connectivity index (χ1n) is 10.1. The number of methoxy groups -OCH3 is 1. The van der Waals surface area contributed by atoms with Gasteiger partial charge in [-0.2, -0.15) is 0 Å². The van der Waals surface area contributed by atoms with Gasteiger partial charge in [-0.05, 0) is 42.7 Å². The van der Waals surface area contributed by atoms with Crippen molar-refractivity contribution in [2.75, 3.05) is 33.4 Å². The van der Waals surface area contributed by atoms with Crippen molar-refractivity contribution in [3.8, 4) is 11.5 Å². The molecule has 0 atom stereocenters. The molecule has 31 heavy (non-hydrogen) atoms. The summed E-state index contributed by atoms with van der Waals surface area (Å²) in [7, 11) is -1.94.